The van der Waals surface area contributed by atoms with Gasteiger partial charge in [0.25, 0.3) is 0 Å². The molecular weight excluding hydrogens is 386 g/mol. The summed E-state index contributed by atoms with van der Waals surface area (Å²) in [5, 5.41) is 3.11. The third kappa shape index (κ3) is 5.72. The van der Waals surface area contributed by atoms with Gasteiger partial charge in [0, 0.05) is 44.0 Å². The fourth-order valence-electron chi connectivity index (χ4n) is 3.95. The molecule has 1 heterocycles. The van der Waals surface area contributed by atoms with Crippen LogP contribution in [0.3, 0.4) is 0 Å². The summed E-state index contributed by atoms with van der Waals surface area (Å²) in [4.78, 5) is 17.4. The maximum atomic E-state index is 12.7. The van der Waals surface area contributed by atoms with E-state index in [1.54, 1.807) is 7.11 Å². The average molecular weight is 416 g/mol. The molecule has 160 valence electrons. The maximum Gasteiger partial charge on any atom is 0.238 e. The van der Waals surface area contributed by atoms with Crippen LogP contribution in [0.5, 0.6) is 5.75 Å². The molecule has 31 heavy (non-hydrogen) atoms. The van der Waals surface area contributed by atoms with Crippen molar-refractivity contribution in [2.24, 2.45) is 0 Å². The third-order valence-corrected chi connectivity index (χ3v) is 5.68. The molecule has 0 aliphatic carbocycles. The second kappa shape index (κ2) is 10.2. The summed E-state index contributed by atoms with van der Waals surface area (Å²) in [5.41, 5.74) is 4.28. The Hall–Kier alpha value is -3.15. The molecular formula is C26H29N3O2. The minimum Gasteiger partial charge on any atom is -0.497 e. The summed E-state index contributed by atoms with van der Waals surface area (Å²) < 4.78 is 5.23. The van der Waals surface area contributed by atoms with Gasteiger partial charge in [-0.25, -0.2) is 0 Å². The lowest BCUT2D eigenvalue weighted by Crippen LogP contribution is -2.48. The van der Waals surface area contributed by atoms with Gasteiger partial charge in [0.15, 0.2) is 0 Å². The van der Waals surface area contributed by atoms with Crippen molar-refractivity contribution in [1.82, 2.24) is 9.80 Å². The molecule has 0 saturated carbocycles. The first-order valence-electron chi connectivity index (χ1n) is 10.7. The molecule has 0 bridgehead atoms. The molecule has 1 amide bonds. The van der Waals surface area contributed by atoms with Crippen molar-refractivity contribution >= 4 is 11.6 Å². The van der Waals surface area contributed by atoms with Crippen molar-refractivity contribution in [1.29, 1.82) is 0 Å². The number of anilines is 1. The van der Waals surface area contributed by atoms with Gasteiger partial charge >= 0.3 is 0 Å². The molecule has 1 aliphatic rings. The molecule has 3 aromatic carbocycles. The molecule has 0 radical (unpaired) electrons. The Morgan fingerprint density at radius 1 is 0.839 bits per heavy atom. The molecule has 4 rings (SSSR count). The van der Waals surface area contributed by atoms with Gasteiger partial charge in [-0.2, -0.15) is 0 Å². The summed E-state index contributed by atoms with van der Waals surface area (Å²) in [6, 6.07) is 26.4. The summed E-state index contributed by atoms with van der Waals surface area (Å²) in [6.45, 7) is 5.04. The number of para-hydroxylation sites is 1. The lowest BCUT2D eigenvalue weighted by Gasteiger charge is -2.34. The highest BCUT2D eigenvalue weighted by Crippen LogP contribution is 2.27. The van der Waals surface area contributed by atoms with Crippen molar-refractivity contribution in [3.05, 3.63) is 84.4 Å². The normalized spacial score (nSPS) is 14.9. The molecule has 1 aliphatic heterocycles. The number of benzene rings is 3. The minimum atomic E-state index is 0.0342. The molecule has 1 fully saturated rings. The summed E-state index contributed by atoms with van der Waals surface area (Å²) in [6.07, 6.45) is 0. The van der Waals surface area contributed by atoms with Crippen LogP contribution in [-0.2, 0) is 11.3 Å². The van der Waals surface area contributed by atoms with Crippen LogP contribution in [0.25, 0.3) is 11.1 Å². The number of rotatable bonds is 7. The Kier molecular flexibility index (Phi) is 6.97. The highest BCUT2D eigenvalue weighted by atomic mass is 16.5. The third-order valence-electron chi connectivity index (χ3n) is 5.68. The lowest BCUT2D eigenvalue weighted by molar-refractivity contribution is -0.117. The van der Waals surface area contributed by atoms with Crippen LogP contribution >= 0.6 is 0 Å². The first-order valence-corrected chi connectivity index (χ1v) is 10.7. The smallest absolute Gasteiger partial charge is 0.238 e. The molecule has 3 aromatic rings. The predicted molar refractivity (Wildman–Crippen MR) is 125 cm³/mol. The van der Waals surface area contributed by atoms with E-state index in [0.29, 0.717) is 6.54 Å². The molecule has 0 atom stereocenters. The zero-order chi connectivity index (χ0) is 21.5. The SMILES string of the molecule is COc1ccc(CN2CCN(CC(=O)Nc3ccccc3-c3ccccc3)CC2)cc1. The van der Waals surface area contributed by atoms with Gasteiger partial charge in [-0.3, -0.25) is 14.6 Å². The number of amides is 1. The van der Waals surface area contributed by atoms with E-state index in [2.05, 4.69) is 39.4 Å². The number of piperazine rings is 1. The van der Waals surface area contributed by atoms with Crippen LogP contribution in [-0.4, -0.2) is 55.5 Å². The van der Waals surface area contributed by atoms with E-state index in [1.165, 1.54) is 5.56 Å². The van der Waals surface area contributed by atoms with Gasteiger partial charge in [0.2, 0.25) is 5.91 Å². The van der Waals surface area contributed by atoms with Crippen LogP contribution in [0.15, 0.2) is 78.9 Å². The van der Waals surface area contributed by atoms with Crippen LogP contribution < -0.4 is 10.1 Å². The largest absolute Gasteiger partial charge is 0.497 e. The van der Waals surface area contributed by atoms with Crippen molar-refractivity contribution in [2.75, 3.05) is 45.2 Å². The Labute approximate surface area is 184 Å². The zero-order valence-corrected chi connectivity index (χ0v) is 18.0. The topological polar surface area (TPSA) is 44.8 Å². The number of carbonyl (C=O) groups excluding carboxylic acids is 1. The van der Waals surface area contributed by atoms with Gasteiger partial charge in [-0.05, 0) is 29.3 Å². The molecule has 5 heteroatoms. The lowest BCUT2D eigenvalue weighted by atomic mass is 10.0. The quantitative estimate of drug-likeness (QED) is 0.631. The van der Waals surface area contributed by atoms with Crippen molar-refractivity contribution in [3.8, 4) is 16.9 Å². The number of hydrogen-bond acceptors (Lipinski definition) is 4. The van der Waals surface area contributed by atoms with Crippen LogP contribution in [0.2, 0.25) is 0 Å². The number of ether oxygens (including phenoxy) is 1. The van der Waals surface area contributed by atoms with Crippen molar-refractivity contribution < 1.29 is 9.53 Å². The maximum absolute atomic E-state index is 12.7. The molecule has 1 N–H and O–H groups in total. The van der Waals surface area contributed by atoms with E-state index in [0.717, 1.165) is 55.3 Å². The zero-order valence-electron chi connectivity index (χ0n) is 18.0. The standard InChI is InChI=1S/C26H29N3O2/c1-31-23-13-11-21(12-14-23)19-28-15-17-29(18-16-28)20-26(30)27-25-10-6-5-9-24(25)22-7-3-2-4-8-22/h2-14H,15-20H2,1H3,(H,27,30). The average Bonchev–Trinajstić information content (AvgIpc) is 2.82. The van der Waals surface area contributed by atoms with Gasteiger partial charge in [-0.15, -0.1) is 0 Å². The van der Waals surface area contributed by atoms with E-state index in [4.69, 9.17) is 4.74 Å². The summed E-state index contributed by atoms with van der Waals surface area (Å²) in [7, 11) is 1.69. The number of hydrogen-bond donors (Lipinski definition) is 1. The predicted octanol–water partition coefficient (Wildman–Crippen LogP) is 4.12. The Balaban J connectivity index is 1.28. The van der Waals surface area contributed by atoms with Gasteiger partial charge in [0.05, 0.1) is 13.7 Å². The van der Waals surface area contributed by atoms with E-state index in [-0.39, 0.29) is 5.91 Å². The highest BCUT2D eigenvalue weighted by Gasteiger charge is 2.19. The van der Waals surface area contributed by atoms with Gasteiger partial charge in [-0.1, -0.05) is 60.7 Å². The highest BCUT2D eigenvalue weighted by molar-refractivity contribution is 5.96. The van der Waals surface area contributed by atoms with Crippen molar-refractivity contribution in [3.63, 3.8) is 0 Å². The summed E-state index contributed by atoms with van der Waals surface area (Å²) in [5.74, 6) is 0.917. The molecule has 0 unspecified atom stereocenters. The number of nitrogens with one attached hydrogen (secondary N) is 1. The fraction of sp³-hybridized carbons (Fsp3) is 0.269. The van der Waals surface area contributed by atoms with Crippen LogP contribution in [0.1, 0.15) is 5.56 Å². The van der Waals surface area contributed by atoms with E-state index >= 15 is 0 Å². The Bertz CT molecular complexity index is 981. The van der Waals surface area contributed by atoms with Gasteiger partial charge < -0.3 is 10.1 Å². The Morgan fingerprint density at radius 2 is 1.48 bits per heavy atom. The van der Waals surface area contributed by atoms with E-state index in [1.807, 2.05) is 54.6 Å². The fourth-order valence-corrected chi connectivity index (χ4v) is 3.95. The number of carbonyl (C=O) groups is 1. The number of methoxy groups -OCH3 is 1. The monoisotopic (exact) mass is 415 g/mol. The Morgan fingerprint density at radius 3 is 2.19 bits per heavy atom. The summed E-state index contributed by atoms with van der Waals surface area (Å²) >= 11 is 0. The van der Waals surface area contributed by atoms with Crippen LogP contribution in [0.4, 0.5) is 5.69 Å². The van der Waals surface area contributed by atoms with E-state index in [9.17, 15) is 4.79 Å². The van der Waals surface area contributed by atoms with Crippen LogP contribution in [0, 0.1) is 0 Å². The molecule has 5 nitrogen and oxygen atoms in total. The first kappa shape index (κ1) is 21.1. The van der Waals surface area contributed by atoms with Gasteiger partial charge in [0.1, 0.15) is 5.75 Å². The minimum absolute atomic E-state index is 0.0342. The molecule has 0 aromatic heterocycles. The number of nitrogens with zero attached hydrogens (tertiary/aromatic N) is 2. The molecule has 1 saturated heterocycles. The second-order valence-corrected chi connectivity index (χ2v) is 7.86. The van der Waals surface area contributed by atoms with E-state index < -0.39 is 0 Å². The second-order valence-electron chi connectivity index (χ2n) is 7.86. The first-order chi connectivity index (χ1) is 15.2. The van der Waals surface area contributed by atoms with Crippen molar-refractivity contribution in [2.45, 2.75) is 6.54 Å². The molecule has 0 spiro atoms.